The van der Waals surface area contributed by atoms with Gasteiger partial charge in [-0.2, -0.15) is 0 Å². The fourth-order valence-corrected chi connectivity index (χ4v) is 12.5. The normalized spacial score (nSPS) is 17.2. The van der Waals surface area contributed by atoms with Crippen LogP contribution in [0.3, 0.4) is 0 Å². The van der Waals surface area contributed by atoms with E-state index >= 15 is 0 Å². The summed E-state index contributed by atoms with van der Waals surface area (Å²) in [6.45, 7) is 11.1. The fourth-order valence-electron chi connectivity index (χ4n) is 12.5. The molecule has 0 saturated carbocycles. The first kappa shape index (κ1) is 69.4. The number of hydrogen-bond acceptors (Lipinski definition) is 16. The Morgan fingerprint density at radius 3 is 1.15 bits per heavy atom. The number of amides is 4. The molecule has 0 fully saturated rings. The van der Waals surface area contributed by atoms with E-state index in [9.17, 15) is 44.1 Å². The Morgan fingerprint density at radius 1 is 0.478 bits per heavy atom. The van der Waals surface area contributed by atoms with Gasteiger partial charge in [0, 0.05) is 103 Å². The predicted molar refractivity (Wildman–Crippen MR) is 338 cm³/mol. The van der Waals surface area contributed by atoms with E-state index in [1.807, 2.05) is 31.2 Å². The molecule has 6 aliphatic rings. The summed E-state index contributed by atoms with van der Waals surface area (Å²) in [7, 11) is 2.93. The molecule has 0 radical (unpaired) electrons. The van der Waals surface area contributed by atoms with Gasteiger partial charge < -0.3 is 49.3 Å². The number of Topliss-reactive ketones (excluding diaryl/α,β-unsaturated/α-hetero) is 1. The molecule has 6 heterocycles. The molecule has 3 atom stereocenters. The van der Waals surface area contributed by atoms with Crippen LogP contribution in [0.15, 0.2) is 127 Å². The number of β-amino-alcohol motifs (C(OH)–C–C–N with tert-alkyl or cyclic N) is 3. The van der Waals surface area contributed by atoms with Crippen LogP contribution in [0, 0.1) is 0 Å². The van der Waals surface area contributed by atoms with Crippen molar-refractivity contribution in [1.29, 1.82) is 0 Å². The van der Waals surface area contributed by atoms with Crippen LogP contribution in [0.5, 0.6) is 17.2 Å². The number of aliphatic hydroxyl groups is 3. The van der Waals surface area contributed by atoms with Crippen molar-refractivity contribution in [1.82, 2.24) is 34.5 Å². The minimum atomic E-state index is -1.07. The second-order valence-electron chi connectivity index (χ2n) is 23.7. The van der Waals surface area contributed by atoms with E-state index in [2.05, 4.69) is 63.2 Å². The van der Waals surface area contributed by atoms with Crippen LogP contribution in [0.2, 0.25) is 0 Å². The number of rotatable bonds is 17. The number of nitrogens with zero attached hydrogens (tertiary/aromatic N) is 7. The molecule has 0 aliphatic carbocycles. The number of ether oxygens (including phenoxy) is 3. The third kappa shape index (κ3) is 17.7. The molecule has 21 nitrogen and oxygen atoms in total. The summed E-state index contributed by atoms with van der Waals surface area (Å²) in [5, 5.41) is 42.3. The summed E-state index contributed by atoms with van der Waals surface area (Å²) in [5.41, 5.74) is 10.2. The first-order valence-corrected chi connectivity index (χ1v) is 31.2. The number of hydroxylamine groups is 2. The quantitative estimate of drug-likeness (QED) is 0.0583. The van der Waals surface area contributed by atoms with Gasteiger partial charge in [-0.1, -0.05) is 85.8 Å². The van der Waals surface area contributed by atoms with E-state index in [1.165, 1.54) is 65.7 Å². The Kier molecular flexibility index (Phi) is 24.7. The first-order valence-electron chi connectivity index (χ1n) is 31.2. The summed E-state index contributed by atoms with van der Waals surface area (Å²) < 4.78 is 17.1. The standard InChI is InChI=1S/C24H29N3O5.C24H28N2O4.C22H24N2O5.K/c1-25(31-2)23(29)18-7-8-21-22(13-18)32-12-11-27(24(21)30)16-20(28)15-26-10-9-17-5-3-4-6-19(17)14-26;1-2-22(28)18-7-8-21-23(13-18)30-12-11-26(24(21)29)16-20(27)15-25-10-9-17-5-3-4-6-19(17)14-25;25-18(13-23-8-7-15-3-1-2-4-17(15)12-23)14-24-9-10-29-20-11-16(22(27)28)5-6-19(20)21(24)26;/h3-8,13,20,28H,9-12,14-16H2,1-2H3;3-8,13,20,27H,2,9-12,14-16H2,1H3;1-6,11,18,25H,7-10,12-14H2,(H,27,28);/q;;;+1/t2*20-;18-;/m111./s1. The molecule has 0 spiro atoms. The number of aliphatic hydroxyl groups excluding tert-OH is 3. The van der Waals surface area contributed by atoms with Crippen molar-refractivity contribution in [3.05, 3.63) is 194 Å². The van der Waals surface area contributed by atoms with Gasteiger partial charge in [0.25, 0.3) is 23.6 Å². The monoisotopic (exact) mass is 1280 g/mol. The molecule has 480 valence electrons. The molecule has 22 heteroatoms. The number of hydrogen-bond donors (Lipinski definition) is 4. The van der Waals surface area contributed by atoms with Gasteiger partial charge in [-0.25, -0.2) is 9.86 Å². The molecular formula is C70H81KN7O14+. The van der Waals surface area contributed by atoms with Gasteiger partial charge in [0.2, 0.25) is 0 Å². The predicted octanol–water partition coefficient (Wildman–Crippen LogP) is 2.75. The Morgan fingerprint density at radius 2 is 0.804 bits per heavy atom. The van der Waals surface area contributed by atoms with Crippen molar-refractivity contribution >= 4 is 35.4 Å². The summed E-state index contributed by atoms with van der Waals surface area (Å²) in [6.07, 6.45) is 1.33. The van der Waals surface area contributed by atoms with E-state index in [-0.39, 0.29) is 118 Å². The summed E-state index contributed by atoms with van der Waals surface area (Å²) >= 11 is 0. The molecule has 0 aromatic heterocycles. The summed E-state index contributed by atoms with van der Waals surface area (Å²) in [4.78, 5) is 90.9. The molecule has 4 N–H and O–H groups in total. The van der Waals surface area contributed by atoms with Gasteiger partial charge in [-0.3, -0.25) is 43.5 Å². The van der Waals surface area contributed by atoms with Crippen molar-refractivity contribution < 1.29 is 120 Å². The van der Waals surface area contributed by atoms with E-state index in [0.717, 1.165) is 63.6 Å². The van der Waals surface area contributed by atoms with Crippen LogP contribution >= 0.6 is 0 Å². The molecule has 92 heavy (non-hydrogen) atoms. The van der Waals surface area contributed by atoms with Crippen LogP contribution in [0.25, 0.3) is 0 Å². The minimum absolute atomic E-state index is 0. The number of aromatic carboxylic acids is 1. The molecule has 6 aromatic carbocycles. The van der Waals surface area contributed by atoms with E-state index in [4.69, 9.17) is 24.2 Å². The molecule has 6 aliphatic heterocycles. The first-order chi connectivity index (χ1) is 44.0. The molecule has 6 aromatic rings. The minimum Gasteiger partial charge on any atom is -0.491 e. The second-order valence-corrected chi connectivity index (χ2v) is 23.7. The van der Waals surface area contributed by atoms with Crippen molar-refractivity contribution in [3.8, 4) is 17.2 Å². The zero-order valence-electron chi connectivity index (χ0n) is 52.9. The number of carbonyl (C=O) groups excluding carboxylic acids is 5. The maximum Gasteiger partial charge on any atom is 1.00 e. The number of carbonyl (C=O) groups is 6. The molecule has 12 rings (SSSR count). The topological polar surface area (TPSA) is 243 Å². The van der Waals surface area contributed by atoms with Gasteiger partial charge in [0.15, 0.2) is 5.78 Å². The van der Waals surface area contributed by atoms with Crippen LogP contribution in [-0.2, 0) is 43.7 Å². The largest absolute Gasteiger partial charge is 1.00 e. The van der Waals surface area contributed by atoms with E-state index < -0.39 is 24.3 Å². The average molecular weight is 1280 g/mol. The summed E-state index contributed by atoms with van der Waals surface area (Å²) in [6, 6.07) is 39.1. The Balaban J connectivity index is 0.000000162. The zero-order chi connectivity index (χ0) is 64.1. The third-order valence-electron chi connectivity index (χ3n) is 17.4. The van der Waals surface area contributed by atoms with E-state index in [0.29, 0.717) is 98.2 Å². The molecular weight excluding hydrogens is 1200 g/mol. The molecule has 0 bridgehead atoms. The number of carboxylic acid groups (broad SMARTS) is 1. The van der Waals surface area contributed by atoms with E-state index in [1.54, 1.807) is 51.1 Å². The Labute approximate surface area is 579 Å². The molecule has 0 saturated heterocycles. The van der Waals surface area contributed by atoms with Crippen molar-refractivity contribution in [3.63, 3.8) is 0 Å². The smallest absolute Gasteiger partial charge is 0.491 e. The van der Waals surface area contributed by atoms with Crippen LogP contribution in [-0.4, -0.2) is 221 Å². The maximum absolute atomic E-state index is 13.1. The number of ketones is 1. The van der Waals surface area contributed by atoms with Gasteiger partial charge >= 0.3 is 57.4 Å². The zero-order valence-corrected chi connectivity index (χ0v) is 56.0. The van der Waals surface area contributed by atoms with Crippen LogP contribution in [0.4, 0.5) is 0 Å². The fraction of sp³-hybridized carbons (Fsp3) is 0.400. The summed E-state index contributed by atoms with van der Waals surface area (Å²) in [5.74, 6) is -0.903. The SMILES string of the molecule is CCC(=O)c1ccc2c(c1)OCCN(C[C@H](O)CN1CCc3ccccc3C1)C2=O.CON(C)C(=O)c1ccc2c(c1)OCCN(C[C@H](O)CN1CCc3ccccc3C1)C2=O.O=C(O)c1ccc2c(c1)OCCN(C[C@H](O)CN1CCc3ccccc3C1)C2=O.[K+]. The number of benzene rings is 6. The Hall–Kier alpha value is -6.90. The van der Waals surface area contributed by atoms with Crippen molar-refractivity contribution in [2.24, 2.45) is 0 Å². The van der Waals surface area contributed by atoms with Gasteiger partial charge in [0.05, 0.1) is 67.3 Å². The second kappa shape index (κ2) is 32.8. The molecule has 0 unspecified atom stereocenters. The number of fused-ring (bicyclic) bond motifs is 6. The maximum atomic E-state index is 13.1. The van der Waals surface area contributed by atoms with Crippen molar-refractivity contribution in [2.45, 2.75) is 70.6 Å². The van der Waals surface area contributed by atoms with Crippen LogP contribution < -0.4 is 65.6 Å². The van der Waals surface area contributed by atoms with Gasteiger partial charge in [-0.05, 0) is 101 Å². The van der Waals surface area contributed by atoms with Gasteiger partial charge in [0.1, 0.15) is 37.1 Å². The number of carboxylic acids is 1. The van der Waals surface area contributed by atoms with Crippen LogP contribution in [0.1, 0.15) is 109 Å². The Bertz CT molecular complexity index is 3610. The molecule has 4 amide bonds. The third-order valence-corrected chi connectivity index (χ3v) is 17.4. The average Bonchev–Trinajstić information content (AvgIpc) is 2.08. The van der Waals surface area contributed by atoms with Crippen molar-refractivity contribution in [2.75, 3.05) is 113 Å². The van der Waals surface area contributed by atoms with Gasteiger partial charge in [-0.15, -0.1) is 0 Å².